The Bertz CT molecular complexity index is 575. The summed E-state index contributed by atoms with van der Waals surface area (Å²) in [5.74, 6) is 0.0579. The van der Waals surface area contributed by atoms with Gasteiger partial charge in [-0.25, -0.2) is 4.98 Å². The van der Waals surface area contributed by atoms with Crippen LogP contribution in [0.2, 0.25) is 0 Å². The van der Waals surface area contributed by atoms with Gasteiger partial charge in [-0.1, -0.05) is 6.92 Å². The lowest BCUT2D eigenvalue weighted by atomic mass is 9.95. The van der Waals surface area contributed by atoms with E-state index in [2.05, 4.69) is 24.1 Å². The third-order valence-electron chi connectivity index (χ3n) is 4.72. The molecule has 2 amide bonds. The summed E-state index contributed by atoms with van der Waals surface area (Å²) >= 11 is 1.65. The number of nitrogens with zero attached hydrogens (tertiary/aromatic N) is 2. The molecule has 7 heteroatoms. The Kier molecular flexibility index (Phi) is 7.38. The zero-order chi connectivity index (χ0) is 18.4. The fourth-order valence-corrected chi connectivity index (χ4v) is 4.00. The van der Waals surface area contributed by atoms with Gasteiger partial charge in [0.25, 0.3) is 0 Å². The van der Waals surface area contributed by atoms with Crippen LogP contribution in [-0.2, 0) is 14.3 Å². The molecule has 0 saturated carbocycles. The second kappa shape index (κ2) is 9.29. The zero-order valence-electron chi connectivity index (χ0n) is 15.6. The fraction of sp³-hybridized carbons (Fsp3) is 0.722. The minimum Gasteiger partial charge on any atom is -0.372 e. The summed E-state index contributed by atoms with van der Waals surface area (Å²) in [5.41, 5.74) is 1.04. The van der Waals surface area contributed by atoms with Crippen LogP contribution in [0.4, 0.5) is 0 Å². The molecule has 1 aliphatic rings. The quantitative estimate of drug-likeness (QED) is 0.804. The maximum absolute atomic E-state index is 12.6. The largest absolute Gasteiger partial charge is 0.372 e. The van der Waals surface area contributed by atoms with E-state index in [4.69, 9.17) is 4.74 Å². The van der Waals surface area contributed by atoms with Crippen molar-refractivity contribution in [3.8, 4) is 0 Å². The van der Waals surface area contributed by atoms with Gasteiger partial charge in [-0.2, -0.15) is 0 Å². The highest BCUT2D eigenvalue weighted by molar-refractivity contribution is 7.11. The number of hydrogen-bond donors (Lipinski definition) is 1. The molecule has 0 unspecified atom stereocenters. The highest BCUT2D eigenvalue weighted by atomic mass is 32.1. The van der Waals surface area contributed by atoms with Gasteiger partial charge in [0.2, 0.25) is 11.8 Å². The van der Waals surface area contributed by atoms with E-state index < -0.39 is 0 Å². The van der Waals surface area contributed by atoms with Crippen molar-refractivity contribution in [1.29, 1.82) is 0 Å². The molecule has 6 nitrogen and oxygen atoms in total. The number of thiazole rings is 1. The summed E-state index contributed by atoms with van der Waals surface area (Å²) in [6.45, 7) is 9.91. The van der Waals surface area contributed by atoms with E-state index in [0.717, 1.165) is 17.1 Å². The first-order valence-electron chi connectivity index (χ1n) is 9.06. The molecule has 1 aromatic heterocycles. The minimum atomic E-state index is -0.0349. The van der Waals surface area contributed by atoms with Crippen molar-refractivity contribution in [3.63, 3.8) is 0 Å². The van der Waals surface area contributed by atoms with Gasteiger partial charge in [-0.15, -0.1) is 11.3 Å². The summed E-state index contributed by atoms with van der Waals surface area (Å²) in [4.78, 5) is 32.2. The number of hydrogen-bond acceptors (Lipinski definition) is 5. The number of ether oxygens (including phenoxy) is 1. The fourth-order valence-electron chi connectivity index (χ4n) is 2.95. The predicted molar refractivity (Wildman–Crippen MR) is 98.6 cm³/mol. The highest BCUT2D eigenvalue weighted by Crippen LogP contribution is 2.26. The Balaban J connectivity index is 1.86. The summed E-state index contributed by atoms with van der Waals surface area (Å²) in [5, 5.41) is 4.13. The van der Waals surface area contributed by atoms with E-state index in [0.29, 0.717) is 32.5 Å². The Morgan fingerprint density at radius 2 is 2.00 bits per heavy atom. The van der Waals surface area contributed by atoms with Crippen LogP contribution >= 0.6 is 11.3 Å². The standard InChI is InChI=1S/C18H29N3O3S/c1-5-15(18-19-12(3)13(4)25-18)20-17(23)14-7-9-21(10-8-14)16(22)11-24-6-2/h14-15H,5-11H2,1-4H3,(H,20,23)/t15-/m1/s1. The van der Waals surface area contributed by atoms with Crippen LogP contribution in [0.1, 0.15) is 54.7 Å². The number of piperidine rings is 1. The molecule has 1 aliphatic heterocycles. The summed E-state index contributed by atoms with van der Waals surface area (Å²) in [6.07, 6.45) is 2.23. The average molecular weight is 368 g/mol. The number of rotatable bonds is 7. The molecule has 0 bridgehead atoms. The normalized spacial score (nSPS) is 16.7. The summed E-state index contributed by atoms with van der Waals surface area (Å²) in [6, 6.07) is -0.0254. The number of amides is 2. The van der Waals surface area contributed by atoms with Crippen LogP contribution in [0.15, 0.2) is 0 Å². The third-order valence-corrected chi connectivity index (χ3v) is 5.90. The van der Waals surface area contributed by atoms with Crippen molar-refractivity contribution in [2.75, 3.05) is 26.3 Å². The van der Waals surface area contributed by atoms with Crippen molar-refractivity contribution in [3.05, 3.63) is 15.6 Å². The van der Waals surface area contributed by atoms with Crippen LogP contribution in [0, 0.1) is 19.8 Å². The van der Waals surface area contributed by atoms with Crippen molar-refractivity contribution in [2.24, 2.45) is 5.92 Å². The number of carbonyl (C=O) groups is 2. The van der Waals surface area contributed by atoms with Gasteiger partial charge in [-0.3, -0.25) is 9.59 Å². The molecule has 1 N–H and O–H groups in total. The topological polar surface area (TPSA) is 71.5 Å². The second-order valence-electron chi connectivity index (χ2n) is 6.46. The van der Waals surface area contributed by atoms with Gasteiger partial charge in [-0.05, 0) is 40.0 Å². The third kappa shape index (κ3) is 5.25. The molecule has 1 atom stereocenters. The number of likely N-dealkylation sites (tertiary alicyclic amines) is 1. The lowest BCUT2D eigenvalue weighted by Gasteiger charge is -2.32. The molecule has 0 radical (unpaired) electrons. The van der Waals surface area contributed by atoms with E-state index in [9.17, 15) is 9.59 Å². The number of aryl methyl sites for hydroxylation is 2. The average Bonchev–Trinajstić information content (AvgIpc) is 2.96. The first-order valence-corrected chi connectivity index (χ1v) is 9.87. The van der Waals surface area contributed by atoms with Gasteiger partial charge < -0.3 is 15.0 Å². The Labute approximate surface area is 154 Å². The maximum Gasteiger partial charge on any atom is 0.248 e. The van der Waals surface area contributed by atoms with Crippen LogP contribution in [-0.4, -0.2) is 48.0 Å². The first-order chi connectivity index (χ1) is 12.0. The number of carbonyl (C=O) groups excluding carboxylic acids is 2. The van der Waals surface area contributed by atoms with Crippen LogP contribution in [0.5, 0.6) is 0 Å². The van der Waals surface area contributed by atoms with E-state index in [1.807, 2.05) is 13.8 Å². The molecule has 2 heterocycles. The molecule has 25 heavy (non-hydrogen) atoms. The molecule has 0 aliphatic carbocycles. The van der Waals surface area contributed by atoms with Gasteiger partial charge in [0.1, 0.15) is 11.6 Å². The molecular weight excluding hydrogens is 338 g/mol. The molecule has 140 valence electrons. The zero-order valence-corrected chi connectivity index (χ0v) is 16.4. The summed E-state index contributed by atoms with van der Waals surface area (Å²) in [7, 11) is 0. The molecule has 1 fully saturated rings. The van der Waals surface area contributed by atoms with Crippen LogP contribution in [0.3, 0.4) is 0 Å². The predicted octanol–water partition coefficient (Wildman–Crippen LogP) is 2.60. The number of aromatic nitrogens is 1. The SMILES string of the molecule is CCOCC(=O)N1CCC(C(=O)N[C@H](CC)c2nc(C)c(C)s2)CC1. The van der Waals surface area contributed by atoms with Gasteiger partial charge in [0.05, 0.1) is 11.7 Å². The Morgan fingerprint density at radius 3 is 2.52 bits per heavy atom. The van der Waals surface area contributed by atoms with Crippen LogP contribution in [0.25, 0.3) is 0 Å². The van der Waals surface area contributed by atoms with Crippen molar-refractivity contribution in [1.82, 2.24) is 15.2 Å². The molecule has 1 aromatic rings. The number of nitrogens with one attached hydrogen (secondary N) is 1. The van der Waals surface area contributed by atoms with Crippen molar-refractivity contribution < 1.29 is 14.3 Å². The molecule has 0 spiro atoms. The molecule has 0 aromatic carbocycles. The van der Waals surface area contributed by atoms with E-state index >= 15 is 0 Å². The van der Waals surface area contributed by atoms with Gasteiger partial charge in [0.15, 0.2) is 0 Å². The molecule has 2 rings (SSSR count). The summed E-state index contributed by atoms with van der Waals surface area (Å²) < 4.78 is 5.17. The van der Waals surface area contributed by atoms with Crippen LogP contribution < -0.4 is 5.32 Å². The van der Waals surface area contributed by atoms with E-state index in [1.165, 1.54) is 4.88 Å². The van der Waals surface area contributed by atoms with Gasteiger partial charge in [0, 0.05) is 30.5 Å². The minimum absolute atomic E-state index is 0.0147. The van der Waals surface area contributed by atoms with E-state index in [-0.39, 0.29) is 30.4 Å². The van der Waals surface area contributed by atoms with Crippen molar-refractivity contribution >= 4 is 23.2 Å². The monoisotopic (exact) mass is 367 g/mol. The molecular formula is C18H29N3O3S. The maximum atomic E-state index is 12.6. The Morgan fingerprint density at radius 1 is 1.32 bits per heavy atom. The van der Waals surface area contributed by atoms with Crippen molar-refractivity contribution in [2.45, 2.75) is 53.0 Å². The molecule has 1 saturated heterocycles. The highest BCUT2D eigenvalue weighted by Gasteiger charge is 2.29. The second-order valence-corrected chi connectivity index (χ2v) is 7.69. The Hall–Kier alpha value is -1.47. The first kappa shape index (κ1) is 19.8. The smallest absolute Gasteiger partial charge is 0.248 e. The lowest BCUT2D eigenvalue weighted by molar-refractivity contribution is -0.139. The lowest BCUT2D eigenvalue weighted by Crippen LogP contribution is -2.44. The van der Waals surface area contributed by atoms with Gasteiger partial charge >= 0.3 is 0 Å². The van der Waals surface area contributed by atoms with E-state index in [1.54, 1.807) is 16.2 Å².